The third-order valence-electron chi connectivity index (χ3n) is 6.53. The number of hydrogen-bond donors (Lipinski definition) is 4. The molecule has 184 valence electrons. The number of hydrogen-bond acceptors (Lipinski definition) is 6. The van der Waals surface area contributed by atoms with Gasteiger partial charge in [-0.05, 0) is 62.4 Å². The maximum atomic E-state index is 15.0. The van der Waals surface area contributed by atoms with Gasteiger partial charge in [0.25, 0.3) is 5.91 Å². The van der Waals surface area contributed by atoms with Gasteiger partial charge in [-0.1, -0.05) is 29.8 Å². The SMILES string of the molecule is CC1(O)CCC(c2cnc(N)c(-c3ccc(C(=O)N[C@H](CO)c4cccc(Cl)c4)c(F)c3)n2)CC1. The van der Waals surface area contributed by atoms with Crippen molar-refractivity contribution in [2.45, 2.75) is 50.2 Å². The number of aromatic nitrogens is 2. The number of anilines is 1. The number of nitrogens with one attached hydrogen (secondary N) is 1. The fourth-order valence-electron chi connectivity index (χ4n) is 4.40. The number of aliphatic hydroxyl groups excluding tert-OH is 1. The minimum atomic E-state index is -0.747. The molecule has 9 heteroatoms. The summed E-state index contributed by atoms with van der Waals surface area (Å²) >= 11 is 6.00. The van der Waals surface area contributed by atoms with Crippen molar-refractivity contribution in [1.29, 1.82) is 0 Å². The molecule has 5 N–H and O–H groups in total. The first kappa shape index (κ1) is 25.0. The summed E-state index contributed by atoms with van der Waals surface area (Å²) in [5.41, 5.74) is 7.31. The molecule has 4 rings (SSSR count). The lowest BCUT2D eigenvalue weighted by molar-refractivity contribution is 0.0168. The number of nitrogen functional groups attached to an aromatic ring is 1. The number of nitrogens with zero attached hydrogens (tertiary/aromatic N) is 2. The van der Waals surface area contributed by atoms with Crippen molar-refractivity contribution in [3.8, 4) is 11.3 Å². The van der Waals surface area contributed by atoms with E-state index in [2.05, 4.69) is 15.3 Å². The highest BCUT2D eigenvalue weighted by atomic mass is 35.5. The van der Waals surface area contributed by atoms with Crippen LogP contribution >= 0.6 is 11.6 Å². The Hall–Kier alpha value is -3.07. The first-order valence-corrected chi connectivity index (χ1v) is 11.9. The zero-order valence-corrected chi connectivity index (χ0v) is 20.1. The van der Waals surface area contributed by atoms with Crippen molar-refractivity contribution in [3.63, 3.8) is 0 Å². The number of halogens is 2. The van der Waals surface area contributed by atoms with Gasteiger partial charge in [-0.15, -0.1) is 0 Å². The molecule has 3 aromatic rings. The Morgan fingerprint density at radius 1 is 1.29 bits per heavy atom. The molecule has 1 heterocycles. The molecular weight excluding hydrogens is 471 g/mol. The van der Waals surface area contributed by atoms with Crippen LogP contribution < -0.4 is 11.1 Å². The van der Waals surface area contributed by atoms with E-state index in [0.717, 1.165) is 18.5 Å². The van der Waals surface area contributed by atoms with Crippen molar-refractivity contribution in [1.82, 2.24) is 15.3 Å². The summed E-state index contributed by atoms with van der Waals surface area (Å²) in [6.45, 7) is 1.46. The normalized spacial score (nSPS) is 20.9. The summed E-state index contributed by atoms with van der Waals surface area (Å²) in [4.78, 5) is 21.7. The highest BCUT2D eigenvalue weighted by molar-refractivity contribution is 6.30. The molecule has 0 bridgehead atoms. The van der Waals surface area contributed by atoms with Gasteiger partial charge in [0.15, 0.2) is 0 Å². The number of amides is 1. The molecule has 35 heavy (non-hydrogen) atoms. The minimum absolute atomic E-state index is 0.138. The summed E-state index contributed by atoms with van der Waals surface area (Å²) in [5.74, 6) is -1.12. The largest absolute Gasteiger partial charge is 0.394 e. The number of rotatable bonds is 6. The summed E-state index contributed by atoms with van der Waals surface area (Å²) < 4.78 is 15.0. The van der Waals surface area contributed by atoms with Crippen LogP contribution in [0.15, 0.2) is 48.7 Å². The van der Waals surface area contributed by atoms with Gasteiger partial charge in [0, 0.05) is 16.5 Å². The van der Waals surface area contributed by atoms with Crippen LogP contribution in [0.2, 0.25) is 5.02 Å². The summed E-state index contributed by atoms with van der Waals surface area (Å²) in [6, 6.07) is 10.1. The van der Waals surface area contributed by atoms with Gasteiger partial charge in [0.2, 0.25) is 0 Å². The molecule has 0 saturated heterocycles. The van der Waals surface area contributed by atoms with E-state index in [1.54, 1.807) is 36.5 Å². The van der Waals surface area contributed by atoms with Crippen molar-refractivity contribution in [3.05, 3.63) is 76.3 Å². The molecule has 1 aromatic heterocycles. The predicted molar refractivity (Wildman–Crippen MR) is 132 cm³/mol. The lowest BCUT2D eigenvalue weighted by atomic mass is 9.79. The van der Waals surface area contributed by atoms with E-state index in [1.165, 1.54) is 12.1 Å². The molecule has 0 unspecified atom stereocenters. The van der Waals surface area contributed by atoms with Crippen LogP contribution in [-0.4, -0.2) is 38.3 Å². The molecule has 1 atom stereocenters. The molecule has 7 nitrogen and oxygen atoms in total. The zero-order valence-electron chi connectivity index (χ0n) is 19.3. The Bertz CT molecular complexity index is 1230. The zero-order chi connectivity index (χ0) is 25.2. The first-order valence-electron chi connectivity index (χ1n) is 11.5. The monoisotopic (exact) mass is 498 g/mol. The number of carbonyl (C=O) groups excluding carboxylic acids is 1. The Morgan fingerprint density at radius 3 is 2.69 bits per heavy atom. The minimum Gasteiger partial charge on any atom is -0.394 e. The lowest BCUT2D eigenvalue weighted by Gasteiger charge is -2.32. The van der Waals surface area contributed by atoms with Gasteiger partial charge < -0.3 is 21.3 Å². The van der Waals surface area contributed by atoms with Crippen LogP contribution in [0, 0.1) is 5.82 Å². The number of nitrogens with two attached hydrogens (primary N) is 1. The molecule has 1 aliphatic carbocycles. The number of aliphatic hydroxyl groups is 2. The lowest BCUT2D eigenvalue weighted by Crippen LogP contribution is -2.31. The fraction of sp³-hybridized carbons (Fsp3) is 0.346. The van der Waals surface area contributed by atoms with E-state index in [1.807, 2.05) is 6.92 Å². The second-order valence-corrected chi connectivity index (χ2v) is 9.69. The second-order valence-electron chi connectivity index (χ2n) is 9.26. The van der Waals surface area contributed by atoms with Crippen molar-refractivity contribution in [2.75, 3.05) is 12.3 Å². The first-order chi connectivity index (χ1) is 16.7. The van der Waals surface area contributed by atoms with E-state index in [4.69, 9.17) is 17.3 Å². The van der Waals surface area contributed by atoms with E-state index >= 15 is 4.39 Å². The van der Waals surface area contributed by atoms with Crippen molar-refractivity contribution >= 4 is 23.3 Å². The fourth-order valence-corrected chi connectivity index (χ4v) is 4.60. The molecule has 2 aromatic carbocycles. The number of carbonyl (C=O) groups is 1. The Labute approximate surface area is 208 Å². The van der Waals surface area contributed by atoms with Crippen molar-refractivity contribution < 1.29 is 19.4 Å². The molecule has 0 radical (unpaired) electrons. The maximum absolute atomic E-state index is 15.0. The molecule has 0 aliphatic heterocycles. The summed E-state index contributed by atoms with van der Waals surface area (Å²) in [7, 11) is 0. The second kappa shape index (κ2) is 10.3. The molecular formula is C26H28ClFN4O3. The average molecular weight is 499 g/mol. The Morgan fingerprint density at radius 2 is 2.03 bits per heavy atom. The topological polar surface area (TPSA) is 121 Å². The quantitative estimate of drug-likeness (QED) is 0.400. The van der Waals surface area contributed by atoms with Gasteiger partial charge in [-0.25, -0.2) is 14.4 Å². The van der Waals surface area contributed by atoms with Crippen LogP contribution in [0.1, 0.15) is 66.2 Å². The number of benzene rings is 2. The third-order valence-corrected chi connectivity index (χ3v) is 6.76. The molecule has 1 saturated carbocycles. The van der Waals surface area contributed by atoms with E-state index in [9.17, 15) is 15.0 Å². The predicted octanol–water partition coefficient (Wildman–Crippen LogP) is 4.39. The molecule has 1 fully saturated rings. The van der Waals surface area contributed by atoms with Crippen LogP contribution in [0.5, 0.6) is 0 Å². The van der Waals surface area contributed by atoms with E-state index in [-0.39, 0.29) is 23.9 Å². The molecule has 0 spiro atoms. The van der Waals surface area contributed by atoms with Gasteiger partial charge in [-0.3, -0.25) is 4.79 Å². The molecule has 1 aliphatic rings. The van der Waals surface area contributed by atoms with E-state index < -0.39 is 23.4 Å². The van der Waals surface area contributed by atoms with Crippen LogP contribution in [0.3, 0.4) is 0 Å². The third kappa shape index (κ3) is 5.78. The van der Waals surface area contributed by atoms with Crippen LogP contribution in [-0.2, 0) is 0 Å². The van der Waals surface area contributed by atoms with Crippen LogP contribution in [0.25, 0.3) is 11.3 Å². The van der Waals surface area contributed by atoms with Crippen molar-refractivity contribution in [2.24, 2.45) is 0 Å². The smallest absolute Gasteiger partial charge is 0.254 e. The summed E-state index contributed by atoms with van der Waals surface area (Å²) in [5, 5.41) is 23.0. The van der Waals surface area contributed by atoms with Gasteiger partial charge in [0.05, 0.1) is 35.7 Å². The highest BCUT2D eigenvalue weighted by Crippen LogP contribution is 2.38. The van der Waals surface area contributed by atoms with Crippen LogP contribution in [0.4, 0.5) is 10.2 Å². The standard InChI is InChI=1S/C26H28ClFN4O3/c1-26(35)9-7-15(8-10-26)21-13-30-24(29)23(31-21)17-5-6-19(20(28)12-17)25(34)32-22(14-33)16-3-2-4-18(27)11-16/h2-6,11-13,15,22,33,35H,7-10,14H2,1H3,(H2,29,30)(H,32,34)/t15?,22-,26?/m1/s1. The Balaban J connectivity index is 1.54. The van der Waals surface area contributed by atoms with E-state index in [0.29, 0.717) is 34.7 Å². The summed E-state index contributed by atoms with van der Waals surface area (Å²) in [6.07, 6.45) is 4.52. The highest BCUT2D eigenvalue weighted by Gasteiger charge is 2.30. The van der Waals surface area contributed by atoms with Gasteiger partial charge in [0.1, 0.15) is 17.3 Å². The maximum Gasteiger partial charge on any atom is 0.254 e. The Kier molecular flexibility index (Phi) is 7.35. The average Bonchev–Trinajstić information content (AvgIpc) is 2.82. The van der Waals surface area contributed by atoms with Gasteiger partial charge in [-0.2, -0.15) is 0 Å². The van der Waals surface area contributed by atoms with Gasteiger partial charge >= 0.3 is 0 Å². The molecule has 1 amide bonds.